The highest BCUT2D eigenvalue weighted by Crippen LogP contribution is 2.22. The lowest BCUT2D eigenvalue weighted by molar-refractivity contribution is -0.141. The van der Waals surface area contributed by atoms with E-state index in [2.05, 4.69) is 14.9 Å². The lowest BCUT2D eigenvalue weighted by Gasteiger charge is -2.14. The first-order valence-corrected chi connectivity index (χ1v) is 6.10. The van der Waals surface area contributed by atoms with Crippen molar-refractivity contribution in [3.8, 4) is 0 Å². The van der Waals surface area contributed by atoms with E-state index in [0.29, 0.717) is 6.54 Å². The number of nitrogens with zero attached hydrogens (tertiary/aromatic N) is 2. The van der Waals surface area contributed by atoms with Crippen molar-refractivity contribution in [1.82, 2.24) is 14.9 Å². The van der Waals surface area contributed by atoms with Gasteiger partial charge >= 0.3 is 5.97 Å². The summed E-state index contributed by atoms with van der Waals surface area (Å²) < 4.78 is 0. The van der Waals surface area contributed by atoms with Crippen LogP contribution in [0.5, 0.6) is 0 Å². The van der Waals surface area contributed by atoms with Crippen LogP contribution in [-0.2, 0) is 11.3 Å². The minimum Gasteiger partial charge on any atom is -0.481 e. The fraction of sp³-hybridized carbons (Fsp3) is 0.385. The highest BCUT2D eigenvalue weighted by atomic mass is 16.4. The maximum Gasteiger partial charge on any atom is 0.307 e. The second kappa shape index (κ2) is 4.42. The van der Waals surface area contributed by atoms with E-state index in [-0.39, 0.29) is 5.92 Å². The van der Waals surface area contributed by atoms with Gasteiger partial charge in [0.05, 0.1) is 5.92 Å². The molecule has 0 radical (unpaired) electrons. The molecule has 0 saturated carbocycles. The number of carboxylic acids is 1. The second-order valence-electron chi connectivity index (χ2n) is 4.77. The topological polar surface area (TPSA) is 69.2 Å². The molecule has 18 heavy (non-hydrogen) atoms. The number of aliphatic carboxylic acids is 1. The quantitative estimate of drug-likeness (QED) is 0.859. The lowest BCUT2D eigenvalue weighted by Crippen LogP contribution is -2.22. The molecular weight excluding hydrogens is 230 g/mol. The van der Waals surface area contributed by atoms with Crippen molar-refractivity contribution >= 4 is 17.0 Å². The molecule has 1 aliphatic rings. The second-order valence-corrected chi connectivity index (χ2v) is 4.77. The van der Waals surface area contributed by atoms with Crippen LogP contribution < -0.4 is 0 Å². The van der Waals surface area contributed by atoms with Crippen molar-refractivity contribution in [1.29, 1.82) is 0 Å². The van der Waals surface area contributed by atoms with Gasteiger partial charge in [-0.25, -0.2) is 4.98 Å². The zero-order valence-electron chi connectivity index (χ0n) is 9.97. The molecule has 1 fully saturated rings. The van der Waals surface area contributed by atoms with Gasteiger partial charge in [0.2, 0.25) is 0 Å². The van der Waals surface area contributed by atoms with Crippen LogP contribution in [0.2, 0.25) is 0 Å². The predicted molar refractivity (Wildman–Crippen MR) is 67.1 cm³/mol. The Balaban J connectivity index is 1.76. The van der Waals surface area contributed by atoms with Crippen LogP contribution >= 0.6 is 0 Å². The van der Waals surface area contributed by atoms with Gasteiger partial charge in [-0.3, -0.25) is 9.69 Å². The van der Waals surface area contributed by atoms with Crippen molar-refractivity contribution in [3.05, 3.63) is 30.1 Å². The minimum atomic E-state index is -0.682. The Hall–Kier alpha value is -1.88. The molecule has 0 amide bonds. The van der Waals surface area contributed by atoms with Gasteiger partial charge in [-0.1, -0.05) is 0 Å². The average Bonchev–Trinajstić information content (AvgIpc) is 2.98. The third-order valence-corrected chi connectivity index (χ3v) is 3.55. The largest absolute Gasteiger partial charge is 0.481 e. The smallest absolute Gasteiger partial charge is 0.307 e. The fourth-order valence-corrected chi connectivity index (χ4v) is 2.56. The lowest BCUT2D eigenvalue weighted by atomic mass is 10.1. The van der Waals surface area contributed by atoms with Gasteiger partial charge in [-0.05, 0) is 30.7 Å². The van der Waals surface area contributed by atoms with E-state index in [9.17, 15) is 4.79 Å². The minimum absolute atomic E-state index is 0.215. The first kappa shape index (κ1) is 11.2. The van der Waals surface area contributed by atoms with Crippen LogP contribution in [0.15, 0.2) is 24.5 Å². The number of nitrogens with one attached hydrogen (secondary N) is 1. The number of carbonyl (C=O) groups is 1. The molecule has 5 heteroatoms. The standard InChI is InChI=1S/C13H15N3O2/c17-13(18)9-3-5-16(7-9)8-10-6-15-12-11(10)2-1-4-14-12/h1-2,4,6,9H,3,5,7-8H2,(H,14,15)(H,17,18). The van der Waals surface area contributed by atoms with Gasteiger partial charge in [0.15, 0.2) is 0 Å². The summed E-state index contributed by atoms with van der Waals surface area (Å²) in [6.07, 6.45) is 4.47. The van der Waals surface area contributed by atoms with E-state index in [0.717, 1.165) is 30.5 Å². The number of aromatic nitrogens is 2. The molecule has 1 aliphatic heterocycles. The number of H-pyrrole nitrogens is 1. The van der Waals surface area contributed by atoms with Gasteiger partial charge in [-0.15, -0.1) is 0 Å². The van der Waals surface area contributed by atoms with Crippen LogP contribution in [0, 0.1) is 5.92 Å². The van der Waals surface area contributed by atoms with Crippen LogP contribution in [0.1, 0.15) is 12.0 Å². The first-order valence-electron chi connectivity index (χ1n) is 6.10. The Labute approximate surface area is 104 Å². The molecule has 5 nitrogen and oxygen atoms in total. The zero-order valence-corrected chi connectivity index (χ0v) is 9.97. The summed E-state index contributed by atoms with van der Waals surface area (Å²) in [6, 6.07) is 3.96. The van der Waals surface area contributed by atoms with Gasteiger partial charge in [0.1, 0.15) is 5.65 Å². The number of likely N-dealkylation sites (tertiary alicyclic amines) is 1. The number of hydrogen-bond acceptors (Lipinski definition) is 3. The summed E-state index contributed by atoms with van der Waals surface area (Å²) in [5.74, 6) is -0.897. The Morgan fingerprint density at radius 1 is 1.61 bits per heavy atom. The highest BCUT2D eigenvalue weighted by Gasteiger charge is 2.28. The van der Waals surface area contributed by atoms with Gasteiger partial charge in [0.25, 0.3) is 0 Å². The number of hydrogen-bond donors (Lipinski definition) is 2. The first-order chi connectivity index (χ1) is 8.74. The van der Waals surface area contributed by atoms with Crippen molar-refractivity contribution in [2.24, 2.45) is 5.92 Å². The molecule has 1 atom stereocenters. The summed E-state index contributed by atoms with van der Waals surface area (Å²) in [7, 11) is 0. The number of carboxylic acid groups (broad SMARTS) is 1. The maximum absolute atomic E-state index is 10.9. The van der Waals surface area contributed by atoms with Gasteiger partial charge in [-0.2, -0.15) is 0 Å². The van der Waals surface area contributed by atoms with Crippen LogP contribution in [-0.4, -0.2) is 39.0 Å². The van der Waals surface area contributed by atoms with E-state index < -0.39 is 5.97 Å². The molecule has 0 bridgehead atoms. The number of fused-ring (bicyclic) bond motifs is 1. The molecule has 94 valence electrons. The summed E-state index contributed by atoms with van der Waals surface area (Å²) in [6.45, 7) is 2.28. The number of pyridine rings is 1. The summed E-state index contributed by atoms with van der Waals surface area (Å²) in [5, 5.41) is 10.1. The average molecular weight is 245 g/mol. The molecule has 0 aromatic carbocycles. The molecular formula is C13H15N3O2. The fourth-order valence-electron chi connectivity index (χ4n) is 2.56. The van der Waals surface area contributed by atoms with E-state index in [1.165, 1.54) is 5.56 Å². The predicted octanol–water partition coefficient (Wildman–Crippen LogP) is 1.47. The summed E-state index contributed by atoms with van der Waals surface area (Å²) >= 11 is 0. The van der Waals surface area contributed by atoms with Crippen LogP contribution in [0.3, 0.4) is 0 Å². The Morgan fingerprint density at radius 2 is 2.50 bits per heavy atom. The molecule has 2 aromatic heterocycles. The van der Waals surface area contributed by atoms with Gasteiger partial charge < -0.3 is 10.1 Å². The molecule has 0 spiro atoms. The number of aromatic amines is 1. The Bertz CT molecular complexity index is 578. The molecule has 3 rings (SSSR count). The molecule has 2 N–H and O–H groups in total. The third kappa shape index (κ3) is 1.97. The van der Waals surface area contributed by atoms with E-state index >= 15 is 0 Å². The molecule has 3 heterocycles. The molecule has 0 aliphatic carbocycles. The number of rotatable bonds is 3. The monoisotopic (exact) mass is 245 g/mol. The van der Waals surface area contributed by atoms with Crippen molar-refractivity contribution in [2.45, 2.75) is 13.0 Å². The van der Waals surface area contributed by atoms with Crippen molar-refractivity contribution < 1.29 is 9.90 Å². The maximum atomic E-state index is 10.9. The highest BCUT2D eigenvalue weighted by molar-refractivity contribution is 5.79. The third-order valence-electron chi connectivity index (χ3n) is 3.55. The van der Waals surface area contributed by atoms with E-state index in [1.807, 2.05) is 18.3 Å². The SMILES string of the molecule is O=C(O)C1CCN(Cc2c[nH]c3ncccc23)C1. The van der Waals surface area contributed by atoms with Crippen LogP contribution in [0.25, 0.3) is 11.0 Å². The van der Waals surface area contributed by atoms with Crippen molar-refractivity contribution in [2.75, 3.05) is 13.1 Å². The van der Waals surface area contributed by atoms with E-state index in [4.69, 9.17) is 5.11 Å². The Morgan fingerprint density at radius 3 is 3.28 bits per heavy atom. The molecule has 2 aromatic rings. The molecule has 1 saturated heterocycles. The van der Waals surface area contributed by atoms with Crippen LogP contribution in [0.4, 0.5) is 0 Å². The summed E-state index contributed by atoms with van der Waals surface area (Å²) in [5.41, 5.74) is 2.07. The van der Waals surface area contributed by atoms with Crippen molar-refractivity contribution in [3.63, 3.8) is 0 Å². The normalized spacial score (nSPS) is 20.6. The van der Waals surface area contributed by atoms with E-state index in [1.54, 1.807) is 6.20 Å². The molecule has 1 unspecified atom stereocenters. The van der Waals surface area contributed by atoms with Gasteiger partial charge in [0, 0.05) is 30.9 Å². The zero-order chi connectivity index (χ0) is 12.5. The Kier molecular flexibility index (Phi) is 2.76. The summed E-state index contributed by atoms with van der Waals surface area (Å²) in [4.78, 5) is 20.5.